The first-order valence-electron chi connectivity index (χ1n) is 24.4. The Kier molecular flexibility index (Phi) is 23.1. The molecule has 2 fully saturated rings. The number of rotatable bonds is 17. The lowest BCUT2D eigenvalue weighted by atomic mass is 10.2. The van der Waals surface area contributed by atoms with E-state index < -0.39 is 11.6 Å². The van der Waals surface area contributed by atoms with Crippen LogP contribution >= 0.6 is 47.3 Å². The molecule has 0 amide bonds. The van der Waals surface area contributed by atoms with Gasteiger partial charge in [0.2, 0.25) is 11.9 Å². The SMILES string of the molecule is BrB(Br)Br.C.COc1cccc(Nc2cccc(Nc3ccc(/C=N/Nc4ncc(F)c(N5CCOCC5)n4)nc3)c2)c1.Oc1cccc(Nc2cccc(Nc3ccc(/C=N/Nc4ncc(F)c(N5CCOCC5)n4)nc3)c2)c1. The maximum atomic E-state index is 14.2. The molecule has 4 aromatic carbocycles. The molecule has 7 N–H and O–H groups in total. The van der Waals surface area contributed by atoms with E-state index in [1.54, 1.807) is 43.9 Å². The van der Waals surface area contributed by atoms with Gasteiger partial charge in [-0.3, -0.25) is 9.97 Å². The van der Waals surface area contributed by atoms with Gasteiger partial charge < -0.3 is 50.4 Å². The van der Waals surface area contributed by atoms with Gasteiger partial charge in [-0.1, -0.05) is 31.7 Å². The zero-order chi connectivity index (χ0) is 55.2. The van der Waals surface area contributed by atoms with Gasteiger partial charge in [-0.05, 0) is 84.9 Å². The molecular formula is C54H56BBr3F2N16O4. The molecule has 0 bridgehead atoms. The molecule has 0 radical (unpaired) electrons. The zero-order valence-electron chi connectivity index (χ0n) is 42.3. The second-order valence-electron chi connectivity index (χ2n) is 16.8. The molecule has 4 aromatic heterocycles. The fraction of sp³-hybridized carbons (Fsp3) is 0.185. The lowest BCUT2D eigenvalue weighted by Gasteiger charge is -2.27. The summed E-state index contributed by atoms with van der Waals surface area (Å²) in [6.07, 6.45) is 8.75. The van der Waals surface area contributed by atoms with E-state index in [-0.39, 0.29) is 39.9 Å². The van der Waals surface area contributed by atoms with Gasteiger partial charge in [-0.25, -0.2) is 29.6 Å². The van der Waals surface area contributed by atoms with Crippen LogP contribution in [0.15, 0.2) is 156 Å². The van der Waals surface area contributed by atoms with Gasteiger partial charge in [0.15, 0.2) is 23.3 Å². The number of hydrogen-bond donors (Lipinski definition) is 7. The number of anilines is 12. The van der Waals surface area contributed by atoms with Gasteiger partial charge >= 0.3 is 3.18 Å². The third kappa shape index (κ3) is 19.1. The van der Waals surface area contributed by atoms with Crippen molar-refractivity contribution in [2.75, 3.05) is 102 Å². The minimum Gasteiger partial charge on any atom is -0.508 e. The molecule has 414 valence electrons. The Morgan fingerprint density at radius 2 is 0.925 bits per heavy atom. The highest BCUT2D eigenvalue weighted by atomic mass is 79.9. The Morgan fingerprint density at radius 1 is 0.537 bits per heavy atom. The number of nitrogens with zero attached hydrogens (tertiary/aromatic N) is 10. The number of phenols is 1. The minimum absolute atomic E-state index is 0. The molecule has 0 spiro atoms. The van der Waals surface area contributed by atoms with Crippen LogP contribution in [-0.2, 0) is 9.47 Å². The van der Waals surface area contributed by atoms with Crippen molar-refractivity contribution in [3.05, 3.63) is 169 Å². The average Bonchev–Trinajstić information content (AvgIpc) is 3.46. The van der Waals surface area contributed by atoms with Crippen molar-refractivity contribution >= 4 is 132 Å². The van der Waals surface area contributed by atoms with E-state index in [0.29, 0.717) is 64.0 Å². The molecule has 8 aromatic rings. The Hall–Kier alpha value is -8.04. The highest BCUT2D eigenvalue weighted by molar-refractivity contribution is 9.69. The lowest BCUT2D eigenvalue weighted by molar-refractivity contribution is 0.122. The van der Waals surface area contributed by atoms with E-state index in [1.807, 2.05) is 113 Å². The smallest absolute Gasteiger partial charge is 0.369 e. The van der Waals surface area contributed by atoms with Crippen LogP contribution in [0.5, 0.6) is 11.5 Å². The summed E-state index contributed by atoms with van der Waals surface area (Å²) < 4.78 is 44.5. The standard InChI is InChI=1S/C27H27FN8O2.C26H25FN8O2.CH4.BBr3/c1-37-24-7-3-6-21(15-24)32-19-4-2-5-20(14-19)33-23-9-8-22(29-16-23)17-31-35-27-30-18-25(28)26(34-27)36-10-12-38-13-11-36;27-24-17-29-26(33-25(24)35-9-11-37-12-10-35)34-30-16-21-7-8-22(15-28-21)32-19-4-1-3-18(13-19)31-20-5-2-6-23(36)14-20;;2-1(3)4/h2-9,14-18,32-33H,10-13H2,1H3,(H,30,34,35);1-8,13-17,31-32,36H,9-12H2,(H,29,33,34);1H4;/b31-17+;30-16+;;. The fourth-order valence-corrected chi connectivity index (χ4v) is 7.54. The number of halogens is 5. The number of pyridine rings is 2. The van der Waals surface area contributed by atoms with Crippen LogP contribution in [0.2, 0.25) is 0 Å². The van der Waals surface area contributed by atoms with Crippen LogP contribution in [0.1, 0.15) is 18.8 Å². The van der Waals surface area contributed by atoms with Crippen LogP contribution in [0.4, 0.5) is 77.8 Å². The maximum absolute atomic E-state index is 14.2. The molecule has 0 aliphatic carbocycles. The molecule has 2 aliphatic heterocycles. The van der Waals surface area contributed by atoms with E-state index in [9.17, 15) is 13.9 Å². The van der Waals surface area contributed by atoms with Crippen molar-refractivity contribution in [2.24, 2.45) is 10.2 Å². The second kappa shape index (κ2) is 30.9. The van der Waals surface area contributed by atoms with Gasteiger partial charge in [0, 0.05) is 72.4 Å². The summed E-state index contributed by atoms with van der Waals surface area (Å²) in [4.78, 5) is 28.8. The molecule has 0 saturated carbocycles. The minimum atomic E-state index is -0.484. The van der Waals surface area contributed by atoms with Crippen molar-refractivity contribution < 1.29 is 28.1 Å². The monoisotopic (exact) mass is 1280 g/mol. The second-order valence-corrected chi connectivity index (χ2v) is 23.2. The van der Waals surface area contributed by atoms with Gasteiger partial charge in [-0.2, -0.15) is 20.2 Å². The van der Waals surface area contributed by atoms with Crippen molar-refractivity contribution in [3.63, 3.8) is 0 Å². The molecule has 6 heterocycles. The quantitative estimate of drug-likeness (QED) is 0.0255. The highest BCUT2D eigenvalue weighted by Gasteiger charge is 2.19. The maximum Gasteiger partial charge on any atom is 0.369 e. The van der Waals surface area contributed by atoms with E-state index in [0.717, 1.165) is 63.6 Å². The van der Waals surface area contributed by atoms with Crippen LogP contribution in [0.3, 0.4) is 0 Å². The van der Waals surface area contributed by atoms with Gasteiger partial charge in [0.1, 0.15) is 11.5 Å². The summed E-state index contributed by atoms with van der Waals surface area (Å²) in [6.45, 7) is 4.41. The number of benzene rings is 4. The van der Waals surface area contributed by atoms with E-state index in [1.165, 1.54) is 6.21 Å². The lowest BCUT2D eigenvalue weighted by Crippen LogP contribution is -2.37. The fourth-order valence-electron chi connectivity index (χ4n) is 7.54. The number of phenolic OH excluding ortho intramolecular Hbond substituents is 1. The Bertz CT molecular complexity index is 3270. The predicted molar refractivity (Wildman–Crippen MR) is 327 cm³/mol. The molecule has 80 heavy (non-hydrogen) atoms. The first-order chi connectivity index (χ1) is 38.5. The third-order valence-electron chi connectivity index (χ3n) is 11.2. The summed E-state index contributed by atoms with van der Waals surface area (Å²) in [6, 6.07) is 37.8. The molecule has 20 nitrogen and oxygen atoms in total. The van der Waals surface area contributed by atoms with Crippen molar-refractivity contribution in [3.8, 4) is 11.5 Å². The zero-order valence-corrected chi connectivity index (χ0v) is 47.0. The van der Waals surface area contributed by atoms with Gasteiger partial charge in [0.25, 0.3) is 0 Å². The van der Waals surface area contributed by atoms with Crippen LogP contribution in [0.25, 0.3) is 0 Å². The van der Waals surface area contributed by atoms with E-state index in [2.05, 4.69) is 119 Å². The average molecular weight is 1280 g/mol. The topological polar surface area (TPSA) is 229 Å². The first-order valence-corrected chi connectivity index (χ1v) is 27.1. The summed E-state index contributed by atoms with van der Waals surface area (Å²) in [5, 5.41) is 31.2. The van der Waals surface area contributed by atoms with Crippen molar-refractivity contribution in [1.29, 1.82) is 0 Å². The number of aromatic hydroxyl groups is 1. The largest absolute Gasteiger partial charge is 0.508 e. The van der Waals surface area contributed by atoms with Gasteiger partial charge in [-0.15, -0.1) is 47.3 Å². The molecule has 0 atom stereocenters. The summed E-state index contributed by atoms with van der Waals surface area (Å²) in [5.41, 5.74) is 13.7. The number of aromatic nitrogens is 6. The van der Waals surface area contributed by atoms with Crippen LogP contribution in [0, 0.1) is 11.6 Å². The van der Waals surface area contributed by atoms with Crippen molar-refractivity contribution in [2.45, 2.75) is 7.43 Å². The normalized spacial score (nSPS) is 12.9. The Labute approximate surface area is 487 Å². The number of morpholine rings is 2. The Morgan fingerprint density at radius 3 is 1.32 bits per heavy atom. The molecule has 2 saturated heterocycles. The molecule has 0 unspecified atom stereocenters. The number of hydrazone groups is 2. The summed E-state index contributed by atoms with van der Waals surface area (Å²) in [7, 11) is 1.65. The Balaban J connectivity index is 0.000000214. The van der Waals surface area contributed by atoms with Crippen molar-refractivity contribution in [1.82, 2.24) is 29.9 Å². The summed E-state index contributed by atoms with van der Waals surface area (Å²) >= 11 is 9.31. The van der Waals surface area contributed by atoms with Gasteiger partial charge in [0.05, 0.1) is 93.5 Å². The predicted octanol–water partition coefficient (Wildman–Crippen LogP) is 12.1. The number of ether oxygens (including phenoxy) is 3. The molecule has 10 rings (SSSR count). The number of hydrogen-bond acceptors (Lipinski definition) is 20. The molecule has 2 aliphatic rings. The van der Waals surface area contributed by atoms with E-state index in [4.69, 9.17) is 14.2 Å². The van der Waals surface area contributed by atoms with Crippen LogP contribution in [-0.4, -0.2) is 110 Å². The summed E-state index contributed by atoms with van der Waals surface area (Å²) in [5.74, 6) is 0.878. The highest BCUT2D eigenvalue weighted by Crippen LogP contribution is 2.27. The number of methoxy groups -OCH3 is 1. The third-order valence-corrected chi connectivity index (χ3v) is 11.2. The number of nitrogens with one attached hydrogen (secondary N) is 6. The first kappa shape index (κ1) is 59.6. The van der Waals surface area contributed by atoms with Crippen LogP contribution < -0.4 is 46.7 Å². The molecule has 26 heteroatoms. The molecular weight excluding hydrogens is 1230 g/mol. The van der Waals surface area contributed by atoms with E-state index >= 15 is 0 Å².